The summed E-state index contributed by atoms with van der Waals surface area (Å²) in [6.07, 6.45) is 0. The quantitative estimate of drug-likeness (QED) is 0.569. The van der Waals surface area contributed by atoms with E-state index in [2.05, 4.69) is 0 Å². The largest absolute Gasteiger partial charge is 0.466 e. The van der Waals surface area contributed by atoms with Gasteiger partial charge in [-0.15, -0.1) is 0 Å². The van der Waals surface area contributed by atoms with Gasteiger partial charge in [0.25, 0.3) is 11.4 Å². The summed E-state index contributed by atoms with van der Waals surface area (Å²) in [5.74, 6) is -5.17. The Morgan fingerprint density at radius 2 is 1.79 bits per heavy atom. The van der Waals surface area contributed by atoms with E-state index < -0.39 is 41.1 Å². The van der Waals surface area contributed by atoms with Gasteiger partial charge in [0.15, 0.2) is 0 Å². The molecule has 2 aliphatic heterocycles. The number of hydrogen-bond donors (Lipinski definition) is 0. The number of ether oxygens (including phenoxy) is 4. The Kier molecular flexibility index (Phi) is 4.95. The van der Waals surface area contributed by atoms with Crippen LogP contribution in [0.15, 0.2) is 0 Å². The minimum atomic E-state index is -1.92. The van der Waals surface area contributed by atoms with E-state index in [9.17, 15) is 14.4 Å². The van der Waals surface area contributed by atoms with Crippen molar-refractivity contribution in [1.29, 1.82) is 0 Å². The summed E-state index contributed by atoms with van der Waals surface area (Å²) in [5, 5.41) is 0. The van der Waals surface area contributed by atoms with E-state index in [4.69, 9.17) is 18.9 Å². The summed E-state index contributed by atoms with van der Waals surface area (Å²) >= 11 is 0. The maximum atomic E-state index is 12.7. The smallest absolute Gasteiger partial charge is 0.353 e. The van der Waals surface area contributed by atoms with Crippen LogP contribution in [-0.4, -0.2) is 42.5 Å². The van der Waals surface area contributed by atoms with Crippen LogP contribution < -0.4 is 0 Å². The Balaban J connectivity index is 2.50. The van der Waals surface area contributed by atoms with Crippen molar-refractivity contribution in [3.8, 4) is 0 Å². The van der Waals surface area contributed by atoms with Crippen molar-refractivity contribution in [3.05, 3.63) is 0 Å². The van der Waals surface area contributed by atoms with Gasteiger partial charge >= 0.3 is 17.9 Å². The van der Waals surface area contributed by atoms with E-state index in [1.807, 2.05) is 20.8 Å². The number of esters is 3. The van der Waals surface area contributed by atoms with E-state index in [1.165, 1.54) is 13.8 Å². The first kappa shape index (κ1) is 18.7. The van der Waals surface area contributed by atoms with E-state index in [1.54, 1.807) is 6.92 Å². The van der Waals surface area contributed by atoms with Gasteiger partial charge in [-0.05, 0) is 18.8 Å². The Bertz CT molecular complexity index is 517. The third-order valence-corrected chi connectivity index (χ3v) is 4.60. The van der Waals surface area contributed by atoms with E-state index in [-0.39, 0.29) is 25.0 Å². The van der Waals surface area contributed by atoms with Crippen molar-refractivity contribution in [2.45, 2.75) is 52.9 Å². The van der Waals surface area contributed by atoms with Crippen LogP contribution in [0.1, 0.15) is 41.5 Å². The summed E-state index contributed by atoms with van der Waals surface area (Å²) < 4.78 is 21.5. The third kappa shape index (κ3) is 2.90. The van der Waals surface area contributed by atoms with Crippen molar-refractivity contribution in [1.82, 2.24) is 0 Å². The first-order valence-corrected chi connectivity index (χ1v) is 8.34. The Hall–Kier alpha value is -1.63. The molecule has 7 nitrogen and oxygen atoms in total. The van der Waals surface area contributed by atoms with Crippen LogP contribution in [0, 0.1) is 23.7 Å². The van der Waals surface area contributed by atoms with Gasteiger partial charge in [-0.25, -0.2) is 9.59 Å². The molecule has 2 heterocycles. The second-order valence-corrected chi connectivity index (χ2v) is 7.25. The zero-order valence-electron chi connectivity index (χ0n) is 15.1. The molecule has 0 saturated carbocycles. The number of cyclic esters (lactones) is 2. The van der Waals surface area contributed by atoms with Crippen LogP contribution in [0.2, 0.25) is 0 Å². The van der Waals surface area contributed by atoms with Crippen molar-refractivity contribution < 1.29 is 33.3 Å². The molecular weight excluding hydrogens is 316 g/mol. The molecule has 2 fully saturated rings. The SMILES string of the molecule is CCOC(=O)[C@H]1[C@H](C)COC2(C(=O)OC(C)(C)OC2=O)[C@@H]1C(C)C. The molecule has 2 saturated heterocycles. The molecular formula is C17H26O7. The molecule has 0 aromatic rings. The lowest BCUT2D eigenvalue weighted by Crippen LogP contribution is -2.69. The van der Waals surface area contributed by atoms with Gasteiger partial charge in [0.05, 0.1) is 19.1 Å². The lowest BCUT2D eigenvalue weighted by atomic mass is 9.65. The summed E-state index contributed by atoms with van der Waals surface area (Å²) in [5.41, 5.74) is -1.92. The molecule has 1 spiro atoms. The number of carbonyl (C=O) groups excluding carboxylic acids is 3. The Labute approximate surface area is 142 Å². The zero-order valence-corrected chi connectivity index (χ0v) is 15.1. The molecule has 24 heavy (non-hydrogen) atoms. The van der Waals surface area contributed by atoms with Crippen LogP contribution >= 0.6 is 0 Å². The second-order valence-electron chi connectivity index (χ2n) is 7.25. The van der Waals surface area contributed by atoms with Crippen molar-refractivity contribution in [3.63, 3.8) is 0 Å². The average molecular weight is 342 g/mol. The molecule has 2 aliphatic rings. The first-order chi connectivity index (χ1) is 11.1. The molecule has 0 N–H and O–H groups in total. The molecule has 3 atom stereocenters. The Morgan fingerprint density at radius 3 is 2.25 bits per heavy atom. The highest BCUT2D eigenvalue weighted by Gasteiger charge is 2.67. The van der Waals surface area contributed by atoms with Gasteiger partial charge in [-0.1, -0.05) is 20.8 Å². The highest BCUT2D eigenvalue weighted by Crippen LogP contribution is 2.47. The minimum absolute atomic E-state index is 0.0668. The maximum Gasteiger partial charge on any atom is 0.353 e. The maximum absolute atomic E-state index is 12.7. The Morgan fingerprint density at radius 1 is 1.25 bits per heavy atom. The summed E-state index contributed by atoms with van der Waals surface area (Å²) in [6, 6.07) is 0. The highest BCUT2D eigenvalue weighted by molar-refractivity contribution is 6.06. The minimum Gasteiger partial charge on any atom is -0.466 e. The molecule has 0 bridgehead atoms. The lowest BCUT2D eigenvalue weighted by Gasteiger charge is -2.50. The predicted octanol–water partition coefficient (Wildman–Crippen LogP) is 1.68. The van der Waals surface area contributed by atoms with Crippen molar-refractivity contribution >= 4 is 17.9 Å². The van der Waals surface area contributed by atoms with Crippen molar-refractivity contribution in [2.75, 3.05) is 13.2 Å². The van der Waals surface area contributed by atoms with Gasteiger partial charge in [0.2, 0.25) is 0 Å². The molecule has 0 radical (unpaired) electrons. The summed E-state index contributed by atoms with van der Waals surface area (Å²) in [7, 11) is 0. The van der Waals surface area contributed by atoms with Crippen LogP contribution in [-0.2, 0) is 33.3 Å². The molecule has 0 aromatic heterocycles. The van der Waals surface area contributed by atoms with Crippen LogP contribution in [0.4, 0.5) is 0 Å². The van der Waals surface area contributed by atoms with Gasteiger partial charge in [0.1, 0.15) is 0 Å². The van der Waals surface area contributed by atoms with Gasteiger partial charge in [0, 0.05) is 19.8 Å². The number of carbonyl (C=O) groups is 3. The van der Waals surface area contributed by atoms with E-state index in [0.717, 1.165) is 0 Å². The fraction of sp³-hybridized carbons (Fsp3) is 0.824. The summed E-state index contributed by atoms with van der Waals surface area (Å²) in [4.78, 5) is 38.0. The van der Waals surface area contributed by atoms with Crippen molar-refractivity contribution in [2.24, 2.45) is 23.7 Å². The second kappa shape index (κ2) is 6.35. The average Bonchev–Trinajstić information content (AvgIpc) is 2.44. The topological polar surface area (TPSA) is 88.1 Å². The molecule has 0 unspecified atom stereocenters. The number of rotatable bonds is 3. The van der Waals surface area contributed by atoms with Gasteiger partial charge in [-0.3, -0.25) is 4.79 Å². The first-order valence-electron chi connectivity index (χ1n) is 8.34. The van der Waals surface area contributed by atoms with E-state index >= 15 is 0 Å². The molecule has 136 valence electrons. The molecule has 7 heteroatoms. The standard InChI is InChI=1S/C17H26O7/c1-7-21-13(18)11-10(4)8-22-17(12(11)9(2)3)14(19)23-16(5,6)24-15(17)20/h9-12H,7-8H2,1-6H3/t10-,11+,12-/m1/s1. The zero-order chi connectivity index (χ0) is 18.3. The predicted molar refractivity (Wildman–Crippen MR) is 82.6 cm³/mol. The van der Waals surface area contributed by atoms with E-state index in [0.29, 0.717) is 0 Å². The lowest BCUT2D eigenvalue weighted by molar-refractivity contribution is -0.285. The summed E-state index contributed by atoms with van der Waals surface area (Å²) in [6.45, 7) is 10.5. The molecule has 0 aromatic carbocycles. The molecule has 2 rings (SSSR count). The third-order valence-electron chi connectivity index (χ3n) is 4.60. The fourth-order valence-corrected chi connectivity index (χ4v) is 3.66. The number of hydrogen-bond acceptors (Lipinski definition) is 7. The molecule has 0 aliphatic carbocycles. The highest BCUT2D eigenvalue weighted by atomic mass is 16.8. The van der Waals surface area contributed by atoms with Crippen LogP contribution in [0.5, 0.6) is 0 Å². The van der Waals surface area contributed by atoms with Crippen LogP contribution in [0.25, 0.3) is 0 Å². The fourth-order valence-electron chi connectivity index (χ4n) is 3.66. The van der Waals surface area contributed by atoms with Gasteiger partial charge in [-0.2, -0.15) is 0 Å². The monoisotopic (exact) mass is 342 g/mol. The van der Waals surface area contributed by atoms with Gasteiger partial charge < -0.3 is 18.9 Å². The normalized spacial score (nSPS) is 31.5. The molecule has 0 amide bonds. The van der Waals surface area contributed by atoms with Crippen LogP contribution in [0.3, 0.4) is 0 Å².